The van der Waals surface area contributed by atoms with Gasteiger partial charge in [-0.15, -0.1) is 0 Å². The summed E-state index contributed by atoms with van der Waals surface area (Å²) in [5.74, 6) is -1.17. The van der Waals surface area contributed by atoms with Crippen LogP contribution in [-0.4, -0.2) is 39.7 Å². The fraction of sp³-hybridized carbons (Fsp3) is 0.211. The van der Waals surface area contributed by atoms with Crippen molar-refractivity contribution in [1.29, 1.82) is 0 Å². The van der Waals surface area contributed by atoms with Crippen molar-refractivity contribution in [2.45, 2.75) is 5.75 Å². The third-order valence-electron chi connectivity index (χ3n) is 3.50. The summed E-state index contributed by atoms with van der Waals surface area (Å²) in [6.45, 7) is 0.0684. The van der Waals surface area contributed by atoms with Gasteiger partial charge >= 0.3 is 0 Å². The molecule has 2 aromatic carbocycles. The van der Waals surface area contributed by atoms with Crippen LogP contribution in [0.5, 0.6) is 0 Å². The zero-order valence-electron chi connectivity index (χ0n) is 14.4. The molecule has 2 aromatic rings. The predicted molar refractivity (Wildman–Crippen MR) is 102 cm³/mol. The first-order valence-corrected chi connectivity index (χ1v) is 9.88. The Balaban J connectivity index is 2.18. The van der Waals surface area contributed by atoms with Crippen LogP contribution in [0.15, 0.2) is 47.9 Å². The number of halogens is 2. The third-order valence-corrected chi connectivity index (χ3v) is 5.04. The van der Waals surface area contributed by atoms with Crippen molar-refractivity contribution >= 4 is 33.3 Å². The van der Waals surface area contributed by atoms with Crippen molar-refractivity contribution in [2.75, 3.05) is 20.6 Å². The average Bonchev–Trinajstić information content (AvgIpc) is 2.55. The van der Waals surface area contributed by atoms with Gasteiger partial charge in [0.05, 0.1) is 17.9 Å². The number of Topliss-reactive ketones (excluding diaryl/α,β-unsaturated/α-hetero) is 1. The highest BCUT2D eigenvalue weighted by molar-refractivity contribution is 7.93. The standard InChI is InChI=1S/C19H19ClFNO3S/c1-22(2)12-19(23)17-11-14(5-8-18(17)21)9-10-26(24,25)13-15-3-6-16(20)7-4-15/h3-11H,12-13H2,1-2H3. The van der Waals surface area contributed by atoms with E-state index in [1.807, 2.05) is 0 Å². The van der Waals surface area contributed by atoms with Gasteiger partial charge in [0.25, 0.3) is 0 Å². The molecule has 0 fully saturated rings. The molecule has 0 atom stereocenters. The van der Waals surface area contributed by atoms with Crippen LogP contribution in [0, 0.1) is 5.82 Å². The molecule has 0 heterocycles. The van der Waals surface area contributed by atoms with E-state index in [1.54, 1.807) is 43.3 Å². The minimum Gasteiger partial charge on any atom is -0.302 e. The van der Waals surface area contributed by atoms with Crippen LogP contribution < -0.4 is 0 Å². The maximum atomic E-state index is 13.9. The highest BCUT2D eigenvalue weighted by atomic mass is 35.5. The van der Waals surface area contributed by atoms with Crippen LogP contribution in [0.2, 0.25) is 5.02 Å². The number of hydrogen-bond donors (Lipinski definition) is 0. The van der Waals surface area contributed by atoms with E-state index in [0.29, 0.717) is 16.1 Å². The number of ketones is 1. The van der Waals surface area contributed by atoms with Gasteiger partial charge < -0.3 is 4.90 Å². The molecule has 0 aliphatic heterocycles. The minimum absolute atomic E-state index is 0.0593. The monoisotopic (exact) mass is 395 g/mol. The molecule has 0 bridgehead atoms. The number of benzene rings is 2. The maximum Gasteiger partial charge on any atom is 0.179 e. The lowest BCUT2D eigenvalue weighted by Gasteiger charge is -2.09. The Bertz CT molecular complexity index is 922. The molecule has 0 aromatic heterocycles. The molecule has 0 amide bonds. The largest absolute Gasteiger partial charge is 0.302 e. The van der Waals surface area contributed by atoms with E-state index in [4.69, 9.17) is 11.6 Å². The van der Waals surface area contributed by atoms with Crippen LogP contribution in [0.1, 0.15) is 21.5 Å². The molecule has 4 nitrogen and oxygen atoms in total. The van der Waals surface area contributed by atoms with Gasteiger partial charge in [-0.3, -0.25) is 4.79 Å². The molecule has 0 radical (unpaired) electrons. The molecule has 2 rings (SSSR count). The normalized spacial score (nSPS) is 12.0. The van der Waals surface area contributed by atoms with Crippen LogP contribution >= 0.6 is 11.6 Å². The number of carbonyl (C=O) groups is 1. The van der Waals surface area contributed by atoms with E-state index >= 15 is 0 Å². The van der Waals surface area contributed by atoms with Crippen molar-refractivity contribution in [3.05, 3.63) is 75.4 Å². The molecule has 0 aliphatic carbocycles. The molecule has 0 unspecified atom stereocenters. The highest BCUT2D eigenvalue weighted by Gasteiger charge is 2.13. The molecule has 26 heavy (non-hydrogen) atoms. The second kappa shape index (κ2) is 8.58. The number of carbonyl (C=O) groups excluding carboxylic acids is 1. The second-order valence-corrected chi connectivity index (χ2v) is 8.46. The smallest absolute Gasteiger partial charge is 0.179 e. The van der Waals surface area contributed by atoms with Crippen molar-refractivity contribution in [3.8, 4) is 0 Å². The lowest BCUT2D eigenvalue weighted by molar-refractivity contribution is 0.0954. The summed E-state index contributed by atoms with van der Waals surface area (Å²) in [6.07, 6.45) is 1.36. The first-order chi connectivity index (χ1) is 12.2. The average molecular weight is 396 g/mol. The lowest BCUT2D eigenvalue weighted by Crippen LogP contribution is -2.22. The summed E-state index contributed by atoms with van der Waals surface area (Å²) in [5, 5.41) is 1.60. The maximum absolute atomic E-state index is 13.9. The van der Waals surface area contributed by atoms with Gasteiger partial charge in [0.1, 0.15) is 5.82 Å². The van der Waals surface area contributed by atoms with E-state index < -0.39 is 15.7 Å². The number of nitrogens with zero attached hydrogens (tertiary/aromatic N) is 1. The first kappa shape index (κ1) is 20.3. The summed E-state index contributed by atoms with van der Waals surface area (Å²) in [4.78, 5) is 13.7. The Kier molecular flexibility index (Phi) is 6.69. The number of hydrogen-bond acceptors (Lipinski definition) is 4. The van der Waals surface area contributed by atoms with Gasteiger partial charge in [-0.1, -0.05) is 29.8 Å². The SMILES string of the molecule is CN(C)CC(=O)c1cc(C=CS(=O)(=O)Cc2ccc(Cl)cc2)ccc1F. The molecule has 0 saturated carbocycles. The molecule has 0 N–H and O–H groups in total. The van der Waals surface area contributed by atoms with E-state index in [-0.39, 0.29) is 23.6 Å². The van der Waals surface area contributed by atoms with Crippen molar-refractivity contribution in [1.82, 2.24) is 4.90 Å². The number of likely N-dealkylation sites (N-methyl/N-ethyl adjacent to an activating group) is 1. The van der Waals surface area contributed by atoms with Gasteiger partial charge in [-0.25, -0.2) is 12.8 Å². The molecular formula is C19H19ClFNO3S. The van der Waals surface area contributed by atoms with Gasteiger partial charge in [0, 0.05) is 10.4 Å². The molecule has 7 heteroatoms. The van der Waals surface area contributed by atoms with Crippen molar-refractivity contribution < 1.29 is 17.6 Å². The summed E-state index contributed by atoms with van der Waals surface area (Å²) < 4.78 is 38.3. The predicted octanol–water partition coefficient (Wildman–Crippen LogP) is 3.81. The number of sulfone groups is 1. The zero-order chi connectivity index (χ0) is 19.3. The molecular weight excluding hydrogens is 377 g/mol. The van der Waals surface area contributed by atoms with E-state index in [9.17, 15) is 17.6 Å². The Morgan fingerprint density at radius 1 is 1.15 bits per heavy atom. The first-order valence-electron chi connectivity index (χ1n) is 7.79. The van der Waals surface area contributed by atoms with Gasteiger partial charge in [0.2, 0.25) is 0 Å². The molecule has 0 spiro atoms. The summed E-state index contributed by atoms with van der Waals surface area (Å²) in [5.41, 5.74) is 0.990. The van der Waals surface area contributed by atoms with E-state index in [0.717, 1.165) is 11.5 Å². The minimum atomic E-state index is -3.52. The summed E-state index contributed by atoms with van der Waals surface area (Å²) in [7, 11) is -0.0960. The Morgan fingerprint density at radius 3 is 2.42 bits per heavy atom. The Hall–Kier alpha value is -2.02. The second-order valence-electron chi connectivity index (χ2n) is 6.14. The lowest BCUT2D eigenvalue weighted by atomic mass is 10.1. The van der Waals surface area contributed by atoms with Crippen LogP contribution in [0.4, 0.5) is 4.39 Å². The molecule has 0 saturated heterocycles. The van der Waals surface area contributed by atoms with Gasteiger partial charge in [0.15, 0.2) is 15.6 Å². The Morgan fingerprint density at radius 2 is 1.81 bits per heavy atom. The summed E-state index contributed by atoms with van der Waals surface area (Å²) >= 11 is 5.78. The third kappa shape index (κ3) is 6.05. The van der Waals surface area contributed by atoms with Crippen LogP contribution in [0.25, 0.3) is 6.08 Å². The van der Waals surface area contributed by atoms with Crippen molar-refractivity contribution in [2.24, 2.45) is 0 Å². The van der Waals surface area contributed by atoms with E-state index in [2.05, 4.69) is 0 Å². The van der Waals surface area contributed by atoms with Gasteiger partial charge in [-0.2, -0.15) is 0 Å². The fourth-order valence-electron chi connectivity index (χ4n) is 2.28. The number of rotatable bonds is 7. The fourth-order valence-corrected chi connectivity index (χ4v) is 3.52. The molecule has 0 aliphatic rings. The van der Waals surface area contributed by atoms with Gasteiger partial charge in [-0.05, 0) is 55.6 Å². The van der Waals surface area contributed by atoms with E-state index in [1.165, 1.54) is 18.2 Å². The molecule has 138 valence electrons. The topological polar surface area (TPSA) is 54.5 Å². The van der Waals surface area contributed by atoms with Crippen LogP contribution in [-0.2, 0) is 15.6 Å². The quantitative estimate of drug-likeness (QED) is 0.669. The zero-order valence-corrected chi connectivity index (χ0v) is 16.0. The summed E-state index contributed by atoms with van der Waals surface area (Å²) in [6, 6.07) is 10.5. The Labute approximate surface area is 157 Å². The van der Waals surface area contributed by atoms with Crippen molar-refractivity contribution in [3.63, 3.8) is 0 Å². The van der Waals surface area contributed by atoms with Crippen LogP contribution in [0.3, 0.4) is 0 Å². The highest BCUT2D eigenvalue weighted by Crippen LogP contribution is 2.16.